The van der Waals surface area contributed by atoms with E-state index in [0.717, 1.165) is 12.1 Å². The first kappa shape index (κ1) is 15.3. The maximum absolute atomic E-state index is 13.5. The first-order valence-corrected chi connectivity index (χ1v) is 6.33. The fraction of sp³-hybridized carbons (Fsp3) is 0.0833. The average molecular weight is 332 g/mol. The summed E-state index contributed by atoms with van der Waals surface area (Å²) in [5.74, 6) is -0.662. The predicted molar refractivity (Wildman–Crippen MR) is 76.9 cm³/mol. The highest BCUT2D eigenvalue weighted by molar-refractivity contribution is 6.36. The Bertz CT molecular complexity index is 712. The SMILES string of the molecule is CNc1nc(Oc2ccc([N+](=O)[O-])c(F)c2)c(Cl)cc1Cl. The molecule has 2 rings (SSSR count). The number of pyridine rings is 1. The summed E-state index contributed by atoms with van der Waals surface area (Å²) in [5, 5.41) is 13.7. The molecule has 1 N–H and O–H groups in total. The molecule has 0 bridgehead atoms. The molecule has 1 aromatic heterocycles. The van der Waals surface area contributed by atoms with Crippen LogP contribution < -0.4 is 10.1 Å². The van der Waals surface area contributed by atoms with Crippen LogP contribution in [0.1, 0.15) is 0 Å². The molecule has 9 heteroatoms. The number of nitro groups is 1. The minimum Gasteiger partial charge on any atom is -0.437 e. The second-order valence-corrected chi connectivity index (χ2v) is 4.64. The van der Waals surface area contributed by atoms with Crippen LogP contribution in [0.3, 0.4) is 0 Å². The zero-order valence-electron chi connectivity index (χ0n) is 10.6. The minimum atomic E-state index is -1.02. The molecule has 0 unspecified atom stereocenters. The third kappa shape index (κ3) is 3.32. The van der Waals surface area contributed by atoms with Gasteiger partial charge in [-0.25, -0.2) is 0 Å². The lowest BCUT2D eigenvalue weighted by molar-refractivity contribution is -0.387. The summed E-state index contributed by atoms with van der Waals surface area (Å²) in [6.45, 7) is 0. The Labute approximate surface area is 128 Å². The van der Waals surface area contributed by atoms with E-state index in [-0.39, 0.29) is 16.7 Å². The molecule has 0 saturated carbocycles. The number of rotatable bonds is 4. The Balaban J connectivity index is 2.34. The Morgan fingerprint density at radius 3 is 2.62 bits per heavy atom. The van der Waals surface area contributed by atoms with Crippen LogP contribution in [0.2, 0.25) is 10.0 Å². The molecule has 0 amide bonds. The number of hydrogen-bond acceptors (Lipinski definition) is 5. The summed E-state index contributed by atoms with van der Waals surface area (Å²) in [7, 11) is 1.61. The van der Waals surface area contributed by atoms with Gasteiger partial charge < -0.3 is 10.1 Å². The standard InChI is InChI=1S/C12H8Cl2FN3O3/c1-16-11-7(13)5-8(14)12(17-11)21-6-2-3-10(18(19)20)9(15)4-6/h2-5H,1H3,(H,16,17). The topological polar surface area (TPSA) is 77.3 Å². The summed E-state index contributed by atoms with van der Waals surface area (Å²) in [5.41, 5.74) is -0.645. The Kier molecular flexibility index (Phi) is 4.44. The van der Waals surface area contributed by atoms with Crippen molar-refractivity contribution in [2.75, 3.05) is 12.4 Å². The van der Waals surface area contributed by atoms with Crippen molar-refractivity contribution in [2.45, 2.75) is 0 Å². The molecule has 0 aliphatic carbocycles. The van der Waals surface area contributed by atoms with E-state index in [1.54, 1.807) is 7.05 Å². The first-order valence-electron chi connectivity index (χ1n) is 5.58. The molecule has 0 atom stereocenters. The Morgan fingerprint density at radius 1 is 1.33 bits per heavy atom. The van der Waals surface area contributed by atoms with Gasteiger partial charge in [-0.3, -0.25) is 10.1 Å². The lowest BCUT2D eigenvalue weighted by Gasteiger charge is -2.09. The summed E-state index contributed by atoms with van der Waals surface area (Å²) >= 11 is 11.8. The van der Waals surface area contributed by atoms with Crippen molar-refractivity contribution in [3.05, 3.63) is 50.2 Å². The number of nitro benzene ring substituents is 1. The van der Waals surface area contributed by atoms with E-state index in [1.165, 1.54) is 12.1 Å². The van der Waals surface area contributed by atoms with Crippen LogP contribution in [-0.2, 0) is 0 Å². The number of ether oxygens (including phenoxy) is 1. The number of benzene rings is 1. The normalized spacial score (nSPS) is 10.3. The largest absolute Gasteiger partial charge is 0.437 e. The van der Waals surface area contributed by atoms with E-state index in [9.17, 15) is 14.5 Å². The number of anilines is 1. The van der Waals surface area contributed by atoms with Crippen LogP contribution in [0.5, 0.6) is 11.6 Å². The van der Waals surface area contributed by atoms with Crippen molar-refractivity contribution in [1.29, 1.82) is 0 Å². The molecule has 0 aliphatic rings. The summed E-state index contributed by atoms with van der Waals surface area (Å²) in [6.07, 6.45) is 0. The fourth-order valence-electron chi connectivity index (χ4n) is 1.51. The van der Waals surface area contributed by atoms with Crippen molar-refractivity contribution in [1.82, 2.24) is 4.98 Å². The van der Waals surface area contributed by atoms with E-state index < -0.39 is 16.4 Å². The van der Waals surface area contributed by atoms with Crippen molar-refractivity contribution >= 4 is 34.7 Å². The number of nitrogens with one attached hydrogen (secondary N) is 1. The van der Waals surface area contributed by atoms with Gasteiger partial charge in [0, 0.05) is 19.2 Å². The van der Waals surface area contributed by atoms with Gasteiger partial charge in [0.25, 0.3) is 0 Å². The lowest BCUT2D eigenvalue weighted by Crippen LogP contribution is -1.98. The highest BCUT2D eigenvalue weighted by atomic mass is 35.5. The molecular weight excluding hydrogens is 324 g/mol. The van der Waals surface area contributed by atoms with Gasteiger partial charge >= 0.3 is 5.69 Å². The number of aromatic nitrogens is 1. The molecule has 6 nitrogen and oxygen atoms in total. The molecule has 2 aromatic rings. The van der Waals surface area contributed by atoms with Gasteiger partial charge in [0.05, 0.1) is 9.95 Å². The molecular formula is C12H8Cl2FN3O3. The minimum absolute atomic E-state index is 0.00123. The number of nitrogens with zero attached hydrogens (tertiary/aromatic N) is 2. The number of halogens is 3. The van der Waals surface area contributed by atoms with Crippen molar-refractivity contribution in [3.8, 4) is 11.6 Å². The van der Waals surface area contributed by atoms with Gasteiger partial charge in [-0.05, 0) is 12.1 Å². The van der Waals surface area contributed by atoms with Crippen LogP contribution in [-0.4, -0.2) is 17.0 Å². The van der Waals surface area contributed by atoms with Gasteiger partial charge in [0.1, 0.15) is 16.6 Å². The van der Waals surface area contributed by atoms with Crippen molar-refractivity contribution in [3.63, 3.8) is 0 Å². The summed E-state index contributed by atoms with van der Waals surface area (Å²) < 4.78 is 18.8. The van der Waals surface area contributed by atoms with Gasteiger partial charge in [-0.2, -0.15) is 9.37 Å². The van der Waals surface area contributed by atoms with Crippen LogP contribution in [0.25, 0.3) is 0 Å². The molecule has 0 fully saturated rings. The maximum Gasteiger partial charge on any atom is 0.305 e. The van der Waals surface area contributed by atoms with Gasteiger partial charge in [0.15, 0.2) is 0 Å². The first-order chi connectivity index (χ1) is 9.92. The van der Waals surface area contributed by atoms with Crippen LogP contribution >= 0.6 is 23.2 Å². The number of hydrogen-bond donors (Lipinski definition) is 1. The van der Waals surface area contributed by atoms with Gasteiger partial charge in [0.2, 0.25) is 11.7 Å². The third-order valence-corrected chi connectivity index (χ3v) is 3.02. The molecule has 110 valence electrons. The van der Waals surface area contributed by atoms with E-state index in [1.807, 2.05) is 0 Å². The van der Waals surface area contributed by atoms with E-state index in [2.05, 4.69) is 10.3 Å². The smallest absolute Gasteiger partial charge is 0.305 e. The van der Waals surface area contributed by atoms with Crippen molar-refractivity contribution in [2.24, 2.45) is 0 Å². The summed E-state index contributed by atoms with van der Waals surface area (Å²) in [6, 6.07) is 4.53. The maximum atomic E-state index is 13.5. The Hall–Kier alpha value is -2.12. The van der Waals surface area contributed by atoms with Crippen LogP contribution in [0.4, 0.5) is 15.9 Å². The zero-order valence-corrected chi connectivity index (χ0v) is 12.1. The monoisotopic (exact) mass is 331 g/mol. The van der Waals surface area contributed by atoms with Crippen LogP contribution in [0.15, 0.2) is 24.3 Å². The van der Waals surface area contributed by atoms with Crippen molar-refractivity contribution < 1.29 is 14.1 Å². The lowest BCUT2D eigenvalue weighted by atomic mass is 10.3. The van der Waals surface area contributed by atoms with Gasteiger partial charge in [-0.15, -0.1) is 0 Å². The molecule has 1 heterocycles. The Morgan fingerprint density at radius 2 is 2.05 bits per heavy atom. The molecule has 0 spiro atoms. The van der Waals surface area contributed by atoms with E-state index >= 15 is 0 Å². The van der Waals surface area contributed by atoms with Crippen LogP contribution in [0, 0.1) is 15.9 Å². The predicted octanol–water partition coefficient (Wildman–Crippen LogP) is 4.27. The molecule has 21 heavy (non-hydrogen) atoms. The molecule has 0 saturated heterocycles. The fourth-order valence-corrected chi connectivity index (χ4v) is 2.00. The molecule has 0 aliphatic heterocycles. The van der Waals surface area contributed by atoms with Gasteiger partial charge in [-0.1, -0.05) is 23.2 Å². The zero-order chi connectivity index (χ0) is 15.6. The second kappa shape index (κ2) is 6.11. The molecule has 0 radical (unpaired) electrons. The highest BCUT2D eigenvalue weighted by Gasteiger charge is 2.16. The third-order valence-electron chi connectivity index (χ3n) is 2.46. The average Bonchev–Trinajstić information content (AvgIpc) is 2.41. The highest BCUT2D eigenvalue weighted by Crippen LogP contribution is 2.34. The van der Waals surface area contributed by atoms with E-state index in [0.29, 0.717) is 10.8 Å². The quantitative estimate of drug-likeness (QED) is 0.668. The summed E-state index contributed by atoms with van der Waals surface area (Å²) in [4.78, 5) is 13.7. The second-order valence-electron chi connectivity index (χ2n) is 3.83. The van der Waals surface area contributed by atoms with E-state index in [4.69, 9.17) is 27.9 Å². The molecule has 1 aromatic carbocycles.